The van der Waals surface area contributed by atoms with E-state index >= 15 is 0 Å². The van der Waals surface area contributed by atoms with Gasteiger partial charge in [-0.05, 0) is 36.3 Å². The van der Waals surface area contributed by atoms with E-state index in [4.69, 9.17) is 33.7 Å². The Bertz CT molecular complexity index is 1380. The average molecular weight is 531 g/mol. The number of benzene rings is 1. The van der Waals surface area contributed by atoms with Crippen molar-refractivity contribution in [3.63, 3.8) is 0 Å². The van der Waals surface area contributed by atoms with Crippen molar-refractivity contribution < 1.29 is 14.6 Å². The van der Waals surface area contributed by atoms with Crippen LogP contribution in [0.25, 0.3) is 11.7 Å². The molecular formula is C24H23ClN4O4S2. The largest absolute Gasteiger partial charge is 0.394 e. The van der Waals surface area contributed by atoms with Crippen LogP contribution in [-0.4, -0.2) is 56.0 Å². The number of amides is 1. The number of hydrogen-bond acceptors (Lipinski definition) is 8. The molecule has 0 aliphatic carbocycles. The number of nitrogens with one attached hydrogen (secondary N) is 1. The van der Waals surface area contributed by atoms with E-state index in [0.29, 0.717) is 38.9 Å². The molecule has 1 fully saturated rings. The van der Waals surface area contributed by atoms with Crippen molar-refractivity contribution in [2.24, 2.45) is 0 Å². The number of anilines is 1. The van der Waals surface area contributed by atoms with Crippen molar-refractivity contribution in [2.45, 2.75) is 13.5 Å². The summed E-state index contributed by atoms with van der Waals surface area (Å²) in [5.74, 6) is 0.0358. The van der Waals surface area contributed by atoms with Crippen LogP contribution in [0.3, 0.4) is 0 Å². The van der Waals surface area contributed by atoms with Gasteiger partial charge in [0.05, 0.1) is 36.8 Å². The lowest BCUT2D eigenvalue weighted by molar-refractivity contribution is -0.122. The molecule has 1 aromatic carbocycles. The zero-order valence-electron chi connectivity index (χ0n) is 18.9. The maximum absolute atomic E-state index is 13.4. The highest BCUT2D eigenvalue weighted by Crippen LogP contribution is 2.34. The van der Waals surface area contributed by atoms with Gasteiger partial charge in [0.1, 0.15) is 15.8 Å². The molecule has 0 spiro atoms. The summed E-state index contributed by atoms with van der Waals surface area (Å²) in [5, 5.41) is 12.5. The lowest BCUT2D eigenvalue weighted by Crippen LogP contribution is -2.27. The van der Waals surface area contributed by atoms with Crippen LogP contribution in [0.5, 0.6) is 0 Å². The number of hydrogen-bond donors (Lipinski definition) is 2. The molecule has 0 atom stereocenters. The number of carbonyl (C=O) groups excluding carboxylic acids is 1. The van der Waals surface area contributed by atoms with Gasteiger partial charge in [-0.25, -0.2) is 4.98 Å². The number of rotatable bonds is 9. The van der Waals surface area contributed by atoms with E-state index in [-0.39, 0.29) is 36.8 Å². The van der Waals surface area contributed by atoms with Gasteiger partial charge in [-0.2, -0.15) is 0 Å². The normalized spacial score (nSPS) is 14.9. The molecule has 35 heavy (non-hydrogen) atoms. The van der Waals surface area contributed by atoms with Crippen LogP contribution < -0.4 is 10.9 Å². The van der Waals surface area contributed by atoms with Crippen molar-refractivity contribution in [3.8, 4) is 0 Å². The highest BCUT2D eigenvalue weighted by molar-refractivity contribution is 8.26. The van der Waals surface area contributed by atoms with Gasteiger partial charge in [0.25, 0.3) is 11.5 Å². The van der Waals surface area contributed by atoms with E-state index in [1.807, 2.05) is 31.2 Å². The Balaban J connectivity index is 1.68. The first-order chi connectivity index (χ1) is 16.9. The van der Waals surface area contributed by atoms with Crippen molar-refractivity contribution in [3.05, 3.63) is 79.6 Å². The third kappa shape index (κ3) is 5.74. The van der Waals surface area contributed by atoms with Crippen molar-refractivity contribution in [1.29, 1.82) is 0 Å². The zero-order chi connectivity index (χ0) is 24.9. The number of thioether (sulfide) groups is 1. The summed E-state index contributed by atoms with van der Waals surface area (Å²) in [7, 11) is 0. The lowest BCUT2D eigenvalue weighted by atomic mass is 10.2. The minimum Gasteiger partial charge on any atom is -0.394 e. The molecule has 1 amide bonds. The molecular weight excluding hydrogens is 508 g/mol. The van der Waals surface area contributed by atoms with Crippen LogP contribution in [0.15, 0.2) is 52.3 Å². The third-order valence-electron chi connectivity index (χ3n) is 5.22. The highest BCUT2D eigenvalue weighted by atomic mass is 35.5. The van der Waals surface area contributed by atoms with Gasteiger partial charge in [0.2, 0.25) is 0 Å². The van der Waals surface area contributed by atoms with Crippen LogP contribution in [0.2, 0.25) is 5.02 Å². The Kier molecular flexibility index (Phi) is 8.19. The van der Waals surface area contributed by atoms with E-state index in [0.717, 1.165) is 22.9 Å². The van der Waals surface area contributed by atoms with Crippen LogP contribution in [-0.2, 0) is 16.1 Å². The molecule has 4 rings (SSSR count). The van der Waals surface area contributed by atoms with Crippen LogP contribution in [0.1, 0.15) is 16.7 Å². The summed E-state index contributed by atoms with van der Waals surface area (Å²) in [4.78, 5) is 33.0. The first-order valence-corrected chi connectivity index (χ1v) is 12.4. The van der Waals surface area contributed by atoms with Crippen LogP contribution >= 0.6 is 35.6 Å². The smallest absolute Gasteiger partial charge is 0.267 e. The Labute approximate surface area is 216 Å². The molecule has 2 aromatic heterocycles. The molecule has 1 aliphatic heterocycles. The monoisotopic (exact) mass is 530 g/mol. The fraction of sp³-hybridized carbons (Fsp3) is 0.250. The number of thiocarbonyl (C=S) groups is 1. The van der Waals surface area contributed by atoms with Crippen LogP contribution in [0, 0.1) is 6.92 Å². The number of halogens is 1. The number of aryl methyl sites for hydroxylation is 1. The number of nitrogens with zero attached hydrogens (tertiary/aromatic N) is 3. The number of carbonyl (C=O) groups is 1. The van der Waals surface area contributed by atoms with Crippen molar-refractivity contribution in [2.75, 3.05) is 31.7 Å². The quantitative estimate of drug-likeness (QED) is 0.247. The average Bonchev–Trinajstić information content (AvgIpc) is 3.10. The zero-order valence-corrected chi connectivity index (χ0v) is 21.3. The predicted molar refractivity (Wildman–Crippen MR) is 143 cm³/mol. The third-order valence-corrected chi connectivity index (χ3v) is 6.96. The maximum atomic E-state index is 13.4. The van der Waals surface area contributed by atoms with Gasteiger partial charge in [-0.1, -0.05) is 59.8 Å². The summed E-state index contributed by atoms with van der Waals surface area (Å²) in [5.41, 5.74) is 2.08. The molecule has 3 heterocycles. The molecule has 0 radical (unpaired) electrons. The summed E-state index contributed by atoms with van der Waals surface area (Å²) in [6.45, 7) is 2.95. The molecule has 0 bridgehead atoms. The van der Waals surface area contributed by atoms with Gasteiger partial charge in [0, 0.05) is 17.8 Å². The van der Waals surface area contributed by atoms with E-state index < -0.39 is 0 Å². The van der Waals surface area contributed by atoms with E-state index in [1.54, 1.807) is 18.3 Å². The lowest BCUT2D eigenvalue weighted by Gasteiger charge is -2.15. The summed E-state index contributed by atoms with van der Waals surface area (Å²) < 4.78 is 7.14. The van der Waals surface area contributed by atoms with E-state index in [2.05, 4.69) is 10.3 Å². The molecule has 182 valence electrons. The fourth-order valence-corrected chi connectivity index (χ4v) is 4.93. The van der Waals surface area contributed by atoms with E-state index in [9.17, 15) is 9.59 Å². The Morgan fingerprint density at radius 3 is 2.80 bits per heavy atom. The molecule has 0 unspecified atom stereocenters. The number of ether oxygens (including phenoxy) is 1. The Hall–Kier alpha value is -2.76. The van der Waals surface area contributed by atoms with Crippen molar-refractivity contribution in [1.82, 2.24) is 14.3 Å². The second-order valence-electron chi connectivity index (χ2n) is 7.74. The van der Waals surface area contributed by atoms with Gasteiger partial charge >= 0.3 is 0 Å². The predicted octanol–water partition coefficient (Wildman–Crippen LogP) is 3.48. The first kappa shape index (κ1) is 25.3. The fourth-order valence-electron chi connectivity index (χ4n) is 3.50. The highest BCUT2D eigenvalue weighted by Gasteiger charge is 2.33. The second kappa shape index (κ2) is 11.3. The molecule has 3 aromatic rings. The molecule has 2 N–H and O–H groups in total. The summed E-state index contributed by atoms with van der Waals surface area (Å²) >= 11 is 12.9. The first-order valence-electron chi connectivity index (χ1n) is 10.8. The molecule has 11 heteroatoms. The SMILES string of the molecule is Cc1ccc2nc(NCCOCCO)c(/C=C3\SC(=S)N(Cc4ccccc4Cl)C3=O)c(=O)n2c1. The topological polar surface area (TPSA) is 96.2 Å². The molecule has 1 saturated heterocycles. The molecule has 0 saturated carbocycles. The number of pyridine rings is 1. The van der Waals surface area contributed by atoms with Gasteiger partial charge < -0.3 is 15.2 Å². The summed E-state index contributed by atoms with van der Waals surface area (Å²) in [6.07, 6.45) is 3.24. The maximum Gasteiger partial charge on any atom is 0.267 e. The van der Waals surface area contributed by atoms with E-state index in [1.165, 1.54) is 15.4 Å². The molecule has 1 aliphatic rings. The van der Waals surface area contributed by atoms with Gasteiger partial charge in [-0.3, -0.25) is 18.9 Å². The van der Waals surface area contributed by atoms with Crippen LogP contribution in [0.4, 0.5) is 5.82 Å². The Morgan fingerprint density at radius 2 is 2.03 bits per heavy atom. The number of aliphatic hydroxyl groups excluding tert-OH is 1. The Morgan fingerprint density at radius 1 is 1.23 bits per heavy atom. The molecule has 8 nitrogen and oxygen atoms in total. The van der Waals surface area contributed by atoms with Crippen molar-refractivity contribution >= 4 is 63.3 Å². The second-order valence-corrected chi connectivity index (χ2v) is 9.82. The van der Waals surface area contributed by atoms with Gasteiger partial charge in [-0.15, -0.1) is 0 Å². The minimum absolute atomic E-state index is 0.0732. The summed E-state index contributed by atoms with van der Waals surface area (Å²) in [6, 6.07) is 10.9. The minimum atomic E-state index is -0.311. The standard InChI is InChI=1S/C24H23ClN4O4S2/c1-15-6-7-20-27-21(26-8-10-33-11-9-30)17(22(31)28(20)13-15)12-19-23(32)29(24(34)35-19)14-16-4-2-3-5-18(16)25/h2-7,12-13,26,30H,8-11,14H2,1H3/b19-12-. The number of aromatic nitrogens is 2. The number of fused-ring (bicyclic) bond motifs is 1. The number of aliphatic hydroxyl groups is 1. The van der Waals surface area contributed by atoms with Gasteiger partial charge in [0.15, 0.2) is 0 Å².